The molecule has 1 aromatic carbocycles. The Kier molecular flexibility index (Phi) is 4.72. The van der Waals surface area contributed by atoms with Crippen LogP contribution in [0.25, 0.3) is 11.3 Å². The third kappa shape index (κ3) is 3.79. The zero-order valence-electron chi connectivity index (χ0n) is 12.5. The van der Waals surface area contributed by atoms with E-state index in [9.17, 15) is 9.59 Å². The van der Waals surface area contributed by atoms with Gasteiger partial charge in [-0.2, -0.15) is 0 Å². The molecule has 6 heteroatoms. The second-order valence-electron chi connectivity index (χ2n) is 4.91. The normalized spacial score (nSPS) is 11.3. The Morgan fingerprint density at radius 1 is 1.23 bits per heavy atom. The summed E-state index contributed by atoms with van der Waals surface area (Å²) in [6, 6.07) is 7.98. The van der Waals surface area contributed by atoms with Crippen LogP contribution in [0, 0.1) is 13.8 Å². The molecule has 1 heterocycles. The van der Waals surface area contributed by atoms with Gasteiger partial charge >= 0.3 is 5.97 Å². The molecule has 2 rings (SSSR count). The van der Waals surface area contributed by atoms with Crippen molar-refractivity contribution < 1.29 is 14.7 Å². The molecule has 1 aromatic heterocycles. The number of carbonyl (C=O) groups is 2. The number of rotatable bonds is 4. The second-order valence-corrected chi connectivity index (χ2v) is 6.11. The van der Waals surface area contributed by atoms with Crippen LogP contribution in [-0.2, 0) is 9.59 Å². The molecule has 0 aliphatic carbocycles. The predicted octanol–water partition coefficient (Wildman–Crippen LogP) is 3.40. The maximum absolute atomic E-state index is 11.9. The standard InChI is InChI=1S/C16H16N2O3S/c1-9-4-6-12(7-5-9)14-11(3)22-16(17-14)18-15(21)10(2)8-13(19)20/h4-8H,1-3H3,(H,19,20)(H,17,18,21)/b10-8-. The number of aliphatic carboxylic acids is 1. The maximum atomic E-state index is 11.9. The highest BCUT2D eigenvalue weighted by Gasteiger charge is 2.13. The van der Waals surface area contributed by atoms with E-state index in [2.05, 4.69) is 10.3 Å². The zero-order chi connectivity index (χ0) is 16.3. The van der Waals surface area contributed by atoms with Crippen molar-refractivity contribution >= 4 is 28.3 Å². The number of carbonyl (C=O) groups excluding carboxylic acids is 1. The fourth-order valence-electron chi connectivity index (χ4n) is 1.88. The summed E-state index contributed by atoms with van der Waals surface area (Å²) in [6.07, 6.45) is 0.872. The van der Waals surface area contributed by atoms with Gasteiger partial charge in [0.2, 0.25) is 0 Å². The van der Waals surface area contributed by atoms with E-state index in [1.54, 1.807) is 0 Å². The summed E-state index contributed by atoms with van der Waals surface area (Å²) in [4.78, 5) is 27.8. The number of anilines is 1. The third-order valence-electron chi connectivity index (χ3n) is 3.04. The number of amides is 1. The Morgan fingerprint density at radius 2 is 1.86 bits per heavy atom. The highest BCUT2D eigenvalue weighted by atomic mass is 32.1. The average molecular weight is 316 g/mol. The lowest BCUT2D eigenvalue weighted by Gasteiger charge is -2.01. The molecular weight excluding hydrogens is 300 g/mol. The van der Waals surface area contributed by atoms with E-state index in [1.165, 1.54) is 23.8 Å². The van der Waals surface area contributed by atoms with Crippen LogP contribution < -0.4 is 5.32 Å². The summed E-state index contributed by atoms with van der Waals surface area (Å²) >= 11 is 1.36. The van der Waals surface area contributed by atoms with E-state index in [0.29, 0.717) is 5.13 Å². The van der Waals surface area contributed by atoms with E-state index in [1.807, 2.05) is 38.1 Å². The lowest BCUT2D eigenvalue weighted by Crippen LogP contribution is -2.13. The topological polar surface area (TPSA) is 79.3 Å². The van der Waals surface area contributed by atoms with E-state index < -0.39 is 11.9 Å². The molecule has 0 saturated heterocycles. The minimum atomic E-state index is -1.15. The number of aryl methyl sites for hydroxylation is 2. The highest BCUT2D eigenvalue weighted by molar-refractivity contribution is 7.16. The number of benzene rings is 1. The van der Waals surface area contributed by atoms with Crippen LogP contribution in [0.15, 0.2) is 35.9 Å². The summed E-state index contributed by atoms with van der Waals surface area (Å²) in [7, 11) is 0. The lowest BCUT2D eigenvalue weighted by molar-refractivity contribution is -0.131. The van der Waals surface area contributed by atoms with Crippen molar-refractivity contribution in [2.24, 2.45) is 0 Å². The first kappa shape index (κ1) is 15.9. The summed E-state index contributed by atoms with van der Waals surface area (Å²) in [5, 5.41) is 11.7. The van der Waals surface area contributed by atoms with E-state index in [-0.39, 0.29) is 5.57 Å². The molecule has 0 aliphatic rings. The van der Waals surface area contributed by atoms with Gasteiger partial charge < -0.3 is 5.11 Å². The van der Waals surface area contributed by atoms with Crippen LogP contribution in [-0.4, -0.2) is 22.0 Å². The number of carboxylic acids is 1. The smallest absolute Gasteiger partial charge is 0.328 e. The number of hydrogen-bond acceptors (Lipinski definition) is 4. The number of hydrogen-bond donors (Lipinski definition) is 2. The third-order valence-corrected chi connectivity index (χ3v) is 3.93. The van der Waals surface area contributed by atoms with E-state index in [4.69, 9.17) is 5.11 Å². The fourth-order valence-corrected chi connectivity index (χ4v) is 2.71. The predicted molar refractivity (Wildman–Crippen MR) is 87.0 cm³/mol. The SMILES string of the molecule is C/C(=C/C(=O)O)C(=O)Nc1nc(-c2ccc(C)cc2)c(C)s1. The van der Waals surface area contributed by atoms with Crippen molar-refractivity contribution in [2.75, 3.05) is 5.32 Å². The Labute approximate surface area is 132 Å². The van der Waals surface area contributed by atoms with Crippen molar-refractivity contribution in [1.82, 2.24) is 4.98 Å². The summed E-state index contributed by atoms with van der Waals surface area (Å²) < 4.78 is 0. The van der Waals surface area contributed by atoms with Gasteiger partial charge in [0.05, 0.1) is 5.69 Å². The van der Waals surface area contributed by atoms with Crippen LogP contribution in [0.1, 0.15) is 17.4 Å². The Bertz CT molecular complexity index is 745. The summed E-state index contributed by atoms with van der Waals surface area (Å²) in [6.45, 7) is 5.40. The number of carboxylic acid groups (broad SMARTS) is 1. The van der Waals surface area contributed by atoms with Crippen molar-refractivity contribution in [1.29, 1.82) is 0 Å². The van der Waals surface area contributed by atoms with Crippen LogP contribution in [0.5, 0.6) is 0 Å². The van der Waals surface area contributed by atoms with Crippen LogP contribution >= 0.6 is 11.3 Å². The molecule has 0 fully saturated rings. The Balaban J connectivity index is 2.21. The van der Waals surface area contributed by atoms with E-state index in [0.717, 1.165) is 22.2 Å². The molecule has 0 spiro atoms. The first-order valence-corrected chi connectivity index (χ1v) is 7.45. The minimum Gasteiger partial charge on any atom is -0.478 e. The fraction of sp³-hybridized carbons (Fsp3) is 0.188. The Hall–Kier alpha value is -2.47. The van der Waals surface area contributed by atoms with Gasteiger partial charge in [-0.1, -0.05) is 29.8 Å². The maximum Gasteiger partial charge on any atom is 0.328 e. The molecule has 0 aliphatic heterocycles. The van der Waals surface area contributed by atoms with Gasteiger partial charge in [0.1, 0.15) is 0 Å². The molecule has 114 valence electrons. The summed E-state index contributed by atoms with van der Waals surface area (Å²) in [5.41, 5.74) is 3.09. The van der Waals surface area contributed by atoms with Crippen molar-refractivity contribution in [2.45, 2.75) is 20.8 Å². The monoisotopic (exact) mass is 316 g/mol. The number of thiazole rings is 1. The molecule has 0 bridgehead atoms. The van der Waals surface area contributed by atoms with Gasteiger partial charge in [-0.25, -0.2) is 9.78 Å². The van der Waals surface area contributed by atoms with Gasteiger partial charge in [0, 0.05) is 22.1 Å². The van der Waals surface area contributed by atoms with Crippen LogP contribution in [0.2, 0.25) is 0 Å². The van der Waals surface area contributed by atoms with Gasteiger partial charge in [0.25, 0.3) is 5.91 Å². The highest BCUT2D eigenvalue weighted by Crippen LogP contribution is 2.30. The van der Waals surface area contributed by atoms with Crippen molar-refractivity contribution in [3.8, 4) is 11.3 Å². The second kappa shape index (κ2) is 6.53. The molecule has 2 N–H and O–H groups in total. The van der Waals surface area contributed by atoms with E-state index >= 15 is 0 Å². The molecule has 0 atom stereocenters. The quantitative estimate of drug-likeness (QED) is 0.847. The molecule has 0 unspecified atom stereocenters. The van der Waals surface area contributed by atoms with Crippen LogP contribution in [0.4, 0.5) is 5.13 Å². The molecule has 2 aromatic rings. The first-order chi connectivity index (χ1) is 10.4. The molecule has 0 saturated carbocycles. The Morgan fingerprint density at radius 3 is 2.45 bits per heavy atom. The first-order valence-electron chi connectivity index (χ1n) is 6.64. The summed E-state index contributed by atoms with van der Waals surface area (Å²) in [5.74, 6) is -1.62. The van der Waals surface area contributed by atoms with Gasteiger partial charge in [-0.3, -0.25) is 10.1 Å². The lowest BCUT2D eigenvalue weighted by atomic mass is 10.1. The molecule has 0 radical (unpaired) electrons. The average Bonchev–Trinajstić information content (AvgIpc) is 2.79. The van der Waals surface area contributed by atoms with Crippen LogP contribution in [0.3, 0.4) is 0 Å². The number of nitrogens with zero attached hydrogens (tertiary/aromatic N) is 1. The molecule has 1 amide bonds. The van der Waals surface area contributed by atoms with Crippen molar-refractivity contribution in [3.63, 3.8) is 0 Å². The largest absolute Gasteiger partial charge is 0.478 e. The van der Waals surface area contributed by atoms with Gasteiger partial charge in [-0.15, -0.1) is 11.3 Å². The molecular formula is C16H16N2O3S. The minimum absolute atomic E-state index is 0.122. The van der Waals surface area contributed by atoms with Gasteiger partial charge in [-0.05, 0) is 20.8 Å². The number of nitrogens with one attached hydrogen (secondary N) is 1. The van der Waals surface area contributed by atoms with Gasteiger partial charge in [0.15, 0.2) is 5.13 Å². The molecule has 22 heavy (non-hydrogen) atoms. The number of aromatic nitrogens is 1. The zero-order valence-corrected chi connectivity index (χ0v) is 13.3. The van der Waals surface area contributed by atoms with Crippen molar-refractivity contribution in [3.05, 3.63) is 46.4 Å². The molecule has 5 nitrogen and oxygen atoms in total.